The number of fused-ring (bicyclic) bond motifs is 1. The minimum absolute atomic E-state index is 0.254. The van der Waals surface area contributed by atoms with E-state index < -0.39 is 0 Å². The smallest absolute Gasteiger partial charge is 0.153 e. The minimum Gasteiger partial charge on any atom is -0.382 e. The van der Waals surface area contributed by atoms with E-state index in [9.17, 15) is 4.39 Å². The van der Waals surface area contributed by atoms with E-state index >= 15 is 0 Å². The van der Waals surface area contributed by atoms with Gasteiger partial charge >= 0.3 is 0 Å². The third kappa shape index (κ3) is 0.777. The number of rotatable bonds is 0. The molecule has 3 N–H and O–H groups in total. The summed E-state index contributed by atoms with van der Waals surface area (Å²) in [4.78, 5) is 0. The molecule has 0 saturated carbocycles. The topological polar surface area (TPSA) is 54.7 Å². The lowest BCUT2D eigenvalue weighted by molar-refractivity contribution is 0.621. The standard InChI is InChI=1S/C8H8FN3/c1-4-5(9)2-3-6-7(4)8(10)12-11-6/h2-3H,1H3,(H3,10,11,12). The Morgan fingerprint density at radius 1 is 1.50 bits per heavy atom. The zero-order valence-corrected chi connectivity index (χ0v) is 6.56. The SMILES string of the molecule is Cc1c(F)ccc2[nH]nc(N)c12. The van der Waals surface area contributed by atoms with Gasteiger partial charge in [-0.1, -0.05) is 0 Å². The molecule has 4 heteroatoms. The summed E-state index contributed by atoms with van der Waals surface area (Å²) in [7, 11) is 0. The molecule has 0 aliphatic heterocycles. The highest BCUT2D eigenvalue weighted by atomic mass is 19.1. The highest BCUT2D eigenvalue weighted by molar-refractivity contribution is 5.91. The number of nitrogens with one attached hydrogen (secondary N) is 1. The van der Waals surface area contributed by atoms with Crippen LogP contribution in [-0.2, 0) is 0 Å². The van der Waals surface area contributed by atoms with Crippen LogP contribution < -0.4 is 5.73 Å². The van der Waals surface area contributed by atoms with Crippen LogP contribution in [0, 0.1) is 12.7 Å². The Bertz CT molecular complexity index is 433. The molecule has 2 aromatic rings. The lowest BCUT2D eigenvalue weighted by atomic mass is 10.1. The molecular weight excluding hydrogens is 157 g/mol. The molecule has 0 amide bonds. The van der Waals surface area contributed by atoms with Gasteiger partial charge in [-0.05, 0) is 24.6 Å². The number of benzene rings is 1. The first-order valence-electron chi connectivity index (χ1n) is 3.59. The van der Waals surface area contributed by atoms with E-state index in [0.29, 0.717) is 16.8 Å². The lowest BCUT2D eigenvalue weighted by Gasteiger charge is -1.97. The van der Waals surface area contributed by atoms with Crippen LogP contribution in [0.1, 0.15) is 5.56 Å². The summed E-state index contributed by atoms with van der Waals surface area (Å²) in [5.74, 6) is 0.0950. The number of anilines is 1. The molecule has 0 unspecified atom stereocenters. The van der Waals surface area contributed by atoms with Gasteiger partial charge in [-0.15, -0.1) is 0 Å². The molecule has 1 heterocycles. The van der Waals surface area contributed by atoms with Crippen LogP contribution in [0.2, 0.25) is 0 Å². The number of aryl methyl sites for hydroxylation is 1. The molecule has 0 aliphatic rings. The second-order valence-electron chi connectivity index (χ2n) is 2.70. The summed E-state index contributed by atoms with van der Waals surface area (Å²) in [5.41, 5.74) is 6.85. The number of H-pyrrole nitrogens is 1. The minimum atomic E-state index is -0.254. The van der Waals surface area contributed by atoms with Crippen molar-refractivity contribution < 1.29 is 4.39 Å². The van der Waals surface area contributed by atoms with Gasteiger partial charge in [0.1, 0.15) is 5.82 Å². The molecule has 0 aliphatic carbocycles. The zero-order valence-electron chi connectivity index (χ0n) is 6.56. The second kappa shape index (κ2) is 2.20. The number of aromatic nitrogens is 2. The van der Waals surface area contributed by atoms with Crippen LogP contribution in [0.15, 0.2) is 12.1 Å². The Hall–Kier alpha value is -1.58. The van der Waals surface area contributed by atoms with Gasteiger partial charge in [0, 0.05) is 5.39 Å². The molecule has 0 fully saturated rings. The fourth-order valence-electron chi connectivity index (χ4n) is 1.29. The number of nitrogens with zero attached hydrogens (tertiary/aromatic N) is 1. The van der Waals surface area contributed by atoms with E-state index in [1.54, 1.807) is 13.0 Å². The number of halogens is 1. The Balaban J connectivity index is 2.96. The average Bonchev–Trinajstić information content (AvgIpc) is 2.41. The van der Waals surface area contributed by atoms with Gasteiger partial charge in [-0.2, -0.15) is 5.10 Å². The molecular formula is C8H8FN3. The third-order valence-corrected chi connectivity index (χ3v) is 1.95. The molecule has 12 heavy (non-hydrogen) atoms. The quantitative estimate of drug-likeness (QED) is 0.622. The van der Waals surface area contributed by atoms with Gasteiger partial charge in [0.05, 0.1) is 5.52 Å². The molecule has 3 nitrogen and oxygen atoms in total. The maximum atomic E-state index is 13.0. The summed E-state index contributed by atoms with van der Waals surface area (Å²) < 4.78 is 13.0. The Labute approximate surface area is 68.4 Å². The van der Waals surface area contributed by atoms with Crippen molar-refractivity contribution in [1.29, 1.82) is 0 Å². The van der Waals surface area contributed by atoms with Crippen molar-refractivity contribution in [2.75, 3.05) is 5.73 Å². The molecule has 1 aromatic carbocycles. The van der Waals surface area contributed by atoms with Crippen LogP contribution in [0.25, 0.3) is 10.9 Å². The monoisotopic (exact) mass is 165 g/mol. The van der Waals surface area contributed by atoms with Crippen LogP contribution in [0.4, 0.5) is 10.2 Å². The van der Waals surface area contributed by atoms with Crippen molar-refractivity contribution in [3.8, 4) is 0 Å². The Kier molecular flexibility index (Phi) is 1.30. The number of hydrogen-bond acceptors (Lipinski definition) is 2. The number of nitrogens with two attached hydrogens (primary N) is 1. The largest absolute Gasteiger partial charge is 0.382 e. The van der Waals surface area contributed by atoms with Gasteiger partial charge in [0.2, 0.25) is 0 Å². The molecule has 1 aromatic heterocycles. The van der Waals surface area contributed by atoms with Crippen LogP contribution in [0.3, 0.4) is 0 Å². The summed E-state index contributed by atoms with van der Waals surface area (Å²) in [6.07, 6.45) is 0. The Morgan fingerprint density at radius 2 is 2.25 bits per heavy atom. The molecule has 2 rings (SSSR count). The predicted octanol–water partition coefficient (Wildman–Crippen LogP) is 1.59. The maximum Gasteiger partial charge on any atom is 0.153 e. The first-order chi connectivity index (χ1) is 5.70. The zero-order chi connectivity index (χ0) is 8.72. The summed E-state index contributed by atoms with van der Waals surface area (Å²) >= 11 is 0. The molecule has 0 atom stereocenters. The molecule has 0 radical (unpaired) electrons. The number of nitrogen functional groups attached to an aromatic ring is 1. The van der Waals surface area contributed by atoms with E-state index in [2.05, 4.69) is 10.2 Å². The van der Waals surface area contributed by atoms with Gasteiger partial charge in [-0.3, -0.25) is 5.10 Å². The van der Waals surface area contributed by atoms with E-state index in [1.807, 2.05) is 0 Å². The number of aromatic amines is 1. The Morgan fingerprint density at radius 3 is 3.00 bits per heavy atom. The van der Waals surface area contributed by atoms with Crippen molar-refractivity contribution in [2.45, 2.75) is 6.92 Å². The van der Waals surface area contributed by atoms with Gasteiger partial charge in [0.25, 0.3) is 0 Å². The van der Waals surface area contributed by atoms with Crippen LogP contribution >= 0.6 is 0 Å². The highest BCUT2D eigenvalue weighted by Crippen LogP contribution is 2.23. The molecule has 62 valence electrons. The van der Waals surface area contributed by atoms with Crippen molar-refractivity contribution >= 4 is 16.7 Å². The van der Waals surface area contributed by atoms with Gasteiger partial charge in [0.15, 0.2) is 5.82 Å². The van der Waals surface area contributed by atoms with Crippen molar-refractivity contribution in [2.24, 2.45) is 0 Å². The fraction of sp³-hybridized carbons (Fsp3) is 0.125. The predicted molar refractivity (Wildman–Crippen MR) is 45.2 cm³/mol. The fourth-order valence-corrected chi connectivity index (χ4v) is 1.29. The molecule has 0 spiro atoms. The van der Waals surface area contributed by atoms with E-state index in [0.717, 1.165) is 5.52 Å². The summed E-state index contributed by atoms with van der Waals surface area (Å²) in [6, 6.07) is 3.02. The van der Waals surface area contributed by atoms with Crippen molar-refractivity contribution in [1.82, 2.24) is 10.2 Å². The summed E-state index contributed by atoms with van der Waals surface area (Å²) in [5, 5.41) is 7.17. The van der Waals surface area contributed by atoms with E-state index in [-0.39, 0.29) is 5.82 Å². The highest BCUT2D eigenvalue weighted by Gasteiger charge is 2.07. The maximum absolute atomic E-state index is 13.0. The molecule has 0 saturated heterocycles. The summed E-state index contributed by atoms with van der Waals surface area (Å²) in [6.45, 7) is 1.68. The third-order valence-electron chi connectivity index (χ3n) is 1.95. The van der Waals surface area contributed by atoms with Crippen LogP contribution in [-0.4, -0.2) is 10.2 Å². The number of hydrogen-bond donors (Lipinski definition) is 2. The van der Waals surface area contributed by atoms with Crippen molar-refractivity contribution in [3.05, 3.63) is 23.5 Å². The van der Waals surface area contributed by atoms with Crippen LogP contribution in [0.5, 0.6) is 0 Å². The second-order valence-corrected chi connectivity index (χ2v) is 2.70. The van der Waals surface area contributed by atoms with E-state index in [1.165, 1.54) is 6.07 Å². The first kappa shape index (κ1) is 7.09. The normalized spacial score (nSPS) is 10.8. The van der Waals surface area contributed by atoms with Gasteiger partial charge in [-0.25, -0.2) is 4.39 Å². The van der Waals surface area contributed by atoms with Gasteiger partial charge < -0.3 is 5.73 Å². The molecule has 0 bridgehead atoms. The van der Waals surface area contributed by atoms with E-state index in [4.69, 9.17) is 5.73 Å². The average molecular weight is 165 g/mol. The lowest BCUT2D eigenvalue weighted by Crippen LogP contribution is -1.88. The van der Waals surface area contributed by atoms with Crippen molar-refractivity contribution in [3.63, 3.8) is 0 Å². The first-order valence-corrected chi connectivity index (χ1v) is 3.59.